The number of hydrogen-bond acceptors (Lipinski definition) is 3. The highest BCUT2D eigenvalue weighted by Crippen LogP contribution is 2.18. The van der Waals surface area contributed by atoms with Crippen molar-refractivity contribution < 1.29 is 9.53 Å². The predicted molar refractivity (Wildman–Crippen MR) is 81.0 cm³/mol. The highest BCUT2D eigenvalue weighted by molar-refractivity contribution is 5.74. The molecule has 1 aliphatic rings. The SMILES string of the molecule is CCOCCCNC(=O)N1CCCC(Cn2ccnc2)C1. The Kier molecular flexibility index (Phi) is 6.53. The third-order valence-electron chi connectivity index (χ3n) is 3.78. The Bertz CT molecular complexity index is 408. The second kappa shape index (κ2) is 8.67. The maximum Gasteiger partial charge on any atom is 0.317 e. The first-order valence-electron chi connectivity index (χ1n) is 7.86. The quantitative estimate of drug-likeness (QED) is 0.779. The molecule has 1 N–H and O–H groups in total. The molecule has 2 heterocycles. The molecule has 0 aromatic carbocycles. The van der Waals surface area contributed by atoms with E-state index in [9.17, 15) is 4.79 Å². The van der Waals surface area contributed by atoms with Crippen molar-refractivity contribution >= 4 is 6.03 Å². The van der Waals surface area contributed by atoms with Gasteiger partial charge in [0.15, 0.2) is 0 Å². The Labute approximate surface area is 126 Å². The van der Waals surface area contributed by atoms with Gasteiger partial charge in [0.2, 0.25) is 0 Å². The number of hydrogen-bond donors (Lipinski definition) is 1. The normalized spacial score (nSPS) is 18.7. The molecule has 21 heavy (non-hydrogen) atoms. The van der Waals surface area contributed by atoms with E-state index in [4.69, 9.17) is 4.74 Å². The van der Waals surface area contributed by atoms with Crippen LogP contribution in [-0.2, 0) is 11.3 Å². The van der Waals surface area contributed by atoms with Crippen LogP contribution >= 0.6 is 0 Å². The highest BCUT2D eigenvalue weighted by atomic mass is 16.5. The summed E-state index contributed by atoms with van der Waals surface area (Å²) in [7, 11) is 0. The molecule has 6 heteroatoms. The van der Waals surface area contributed by atoms with Crippen molar-refractivity contribution in [2.75, 3.05) is 32.8 Å². The van der Waals surface area contributed by atoms with E-state index in [0.717, 1.165) is 39.1 Å². The molecule has 1 aliphatic heterocycles. The van der Waals surface area contributed by atoms with E-state index in [0.29, 0.717) is 19.1 Å². The largest absolute Gasteiger partial charge is 0.382 e. The van der Waals surface area contributed by atoms with Gasteiger partial charge in [0.1, 0.15) is 0 Å². The monoisotopic (exact) mass is 294 g/mol. The first-order valence-corrected chi connectivity index (χ1v) is 7.86. The number of nitrogens with one attached hydrogen (secondary N) is 1. The second-order valence-electron chi connectivity index (χ2n) is 5.50. The molecule has 1 aromatic heterocycles. The summed E-state index contributed by atoms with van der Waals surface area (Å²) in [6, 6.07) is 0.0572. The molecule has 2 amide bonds. The molecule has 6 nitrogen and oxygen atoms in total. The smallest absolute Gasteiger partial charge is 0.317 e. The Morgan fingerprint density at radius 2 is 2.43 bits per heavy atom. The van der Waals surface area contributed by atoms with Gasteiger partial charge in [-0.2, -0.15) is 0 Å². The maximum atomic E-state index is 12.1. The molecule has 1 aromatic rings. The minimum Gasteiger partial charge on any atom is -0.382 e. The Balaban J connectivity index is 1.68. The fraction of sp³-hybridized carbons (Fsp3) is 0.733. The van der Waals surface area contributed by atoms with Crippen LogP contribution in [0.25, 0.3) is 0 Å². The molecule has 0 bridgehead atoms. The average molecular weight is 294 g/mol. The lowest BCUT2D eigenvalue weighted by atomic mass is 9.98. The van der Waals surface area contributed by atoms with Crippen molar-refractivity contribution in [3.63, 3.8) is 0 Å². The van der Waals surface area contributed by atoms with Crippen molar-refractivity contribution in [3.8, 4) is 0 Å². The van der Waals surface area contributed by atoms with Gasteiger partial charge in [-0.25, -0.2) is 9.78 Å². The molecule has 1 fully saturated rings. The summed E-state index contributed by atoms with van der Waals surface area (Å²) in [5, 5.41) is 2.98. The fourth-order valence-corrected chi connectivity index (χ4v) is 2.72. The first kappa shape index (κ1) is 15.8. The topological polar surface area (TPSA) is 59.4 Å². The molecule has 0 saturated carbocycles. The standard InChI is InChI=1S/C15H26N4O2/c1-2-21-10-4-6-17-15(20)19-8-3-5-14(12-19)11-18-9-7-16-13-18/h7,9,13-14H,2-6,8,10-12H2,1H3,(H,17,20). The minimum atomic E-state index is 0.0572. The van der Waals surface area contributed by atoms with Gasteiger partial charge in [-0.15, -0.1) is 0 Å². The summed E-state index contributed by atoms with van der Waals surface area (Å²) >= 11 is 0. The number of nitrogens with zero attached hydrogens (tertiary/aromatic N) is 3. The van der Waals surface area contributed by atoms with Gasteiger partial charge in [0, 0.05) is 51.8 Å². The number of carbonyl (C=O) groups excluding carboxylic acids is 1. The third kappa shape index (κ3) is 5.38. The molecule has 0 spiro atoms. The van der Waals surface area contributed by atoms with Gasteiger partial charge in [-0.3, -0.25) is 0 Å². The lowest BCUT2D eigenvalue weighted by molar-refractivity contribution is 0.141. The summed E-state index contributed by atoms with van der Waals surface area (Å²) in [5.74, 6) is 0.516. The number of rotatable bonds is 7. The van der Waals surface area contributed by atoms with E-state index < -0.39 is 0 Å². The van der Waals surface area contributed by atoms with Crippen LogP contribution < -0.4 is 5.32 Å². The van der Waals surface area contributed by atoms with Crippen molar-refractivity contribution in [1.29, 1.82) is 0 Å². The number of aromatic nitrogens is 2. The Morgan fingerprint density at radius 3 is 3.19 bits per heavy atom. The van der Waals surface area contributed by atoms with Crippen LogP contribution in [0.4, 0.5) is 4.79 Å². The molecule has 2 rings (SSSR count). The zero-order valence-electron chi connectivity index (χ0n) is 12.8. The molecular formula is C15H26N4O2. The van der Waals surface area contributed by atoms with Gasteiger partial charge < -0.3 is 19.5 Å². The Hall–Kier alpha value is -1.56. The molecule has 1 atom stereocenters. The van der Waals surface area contributed by atoms with Gasteiger partial charge in [0.05, 0.1) is 6.33 Å². The van der Waals surface area contributed by atoms with Crippen molar-refractivity contribution in [2.45, 2.75) is 32.7 Å². The number of piperidine rings is 1. The number of carbonyl (C=O) groups is 1. The Morgan fingerprint density at radius 1 is 1.52 bits per heavy atom. The predicted octanol–water partition coefficient (Wildman–Crippen LogP) is 1.73. The van der Waals surface area contributed by atoms with Crippen LogP contribution in [0.3, 0.4) is 0 Å². The molecule has 1 saturated heterocycles. The van der Waals surface area contributed by atoms with Gasteiger partial charge >= 0.3 is 6.03 Å². The van der Waals surface area contributed by atoms with E-state index in [1.807, 2.05) is 24.3 Å². The average Bonchev–Trinajstić information content (AvgIpc) is 3.00. The lowest BCUT2D eigenvalue weighted by Gasteiger charge is -2.33. The molecule has 0 radical (unpaired) electrons. The first-order chi connectivity index (χ1) is 10.3. The van der Waals surface area contributed by atoms with Crippen LogP contribution in [0.15, 0.2) is 18.7 Å². The summed E-state index contributed by atoms with van der Waals surface area (Å²) in [4.78, 5) is 18.1. The van der Waals surface area contributed by atoms with E-state index in [-0.39, 0.29) is 6.03 Å². The van der Waals surface area contributed by atoms with Gasteiger partial charge in [-0.05, 0) is 32.1 Å². The zero-order chi connectivity index (χ0) is 14.9. The molecule has 1 unspecified atom stereocenters. The minimum absolute atomic E-state index is 0.0572. The van der Waals surface area contributed by atoms with Crippen molar-refractivity contribution in [3.05, 3.63) is 18.7 Å². The summed E-state index contributed by atoms with van der Waals surface area (Å²) < 4.78 is 7.35. The van der Waals surface area contributed by atoms with Crippen molar-refractivity contribution in [1.82, 2.24) is 19.8 Å². The van der Waals surface area contributed by atoms with Crippen LogP contribution in [0, 0.1) is 5.92 Å². The number of ether oxygens (including phenoxy) is 1. The number of imidazole rings is 1. The highest BCUT2D eigenvalue weighted by Gasteiger charge is 2.23. The number of urea groups is 1. The summed E-state index contributed by atoms with van der Waals surface area (Å²) in [5.41, 5.74) is 0. The van der Waals surface area contributed by atoms with Crippen LogP contribution in [-0.4, -0.2) is 53.3 Å². The molecule has 118 valence electrons. The lowest BCUT2D eigenvalue weighted by Crippen LogP contribution is -2.46. The van der Waals surface area contributed by atoms with E-state index in [2.05, 4.69) is 14.9 Å². The van der Waals surface area contributed by atoms with Crippen LogP contribution in [0.2, 0.25) is 0 Å². The van der Waals surface area contributed by atoms with Gasteiger partial charge in [-0.1, -0.05) is 0 Å². The fourth-order valence-electron chi connectivity index (χ4n) is 2.72. The van der Waals surface area contributed by atoms with Gasteiger partial charge in [0.25, 0.3) is 0 Å². The number of amides is 2. The molecular weight excluding hydrogens is 268 g/mol. The van der Waals surface area contributed by atoms with Crippen LogP contribution in [0.1, 0.15) is 26.2 Å². The maximum absolute atomic E-state index is 12.1. The number of likely N-dealkylation sites (tertiary alicyclic amines) is 1. The van der Waals surface area contributed by atoms with E-state index >= 15 is 0 Å². The van der Waals surface area contributed by atoms with Crippen molar-refractivity contribution in [2.24, 2.45) is 5.92 Å². The van der Waals surface area contributed by atoms with E-state index in [1.165, 1.54) is 6.42 Å². The third-order valence-corrected chi connectivity index (χ3v) is 3.78. The second-order valence-corrected chi connectivity index (χ2v) is 5.50. The summed E-state index contributed by atoms with van der Waals surface area (Å²) in [6.07, 6.45) is 8.73. The molecule has 0 aliphatic carbocycles. The summed E-state index contributed by atoms with van der Waals surface area (Å²) in [6.45, 7) is 6.73. The van der Waals surface area contributed by atoms with Crippen LogP contribution in [0.5, 0.6) is 0 Å². The zero-order valence-corrected chi connectivity index (χ0v) is 12.8. The van der Waals surface area contributed by atoms with E-state index in [1.54, 1.807) is 6.20 Å².